The molecule has 0 amide bonds. The lowest BCUT2D eigenvalue weighted by Gasteiger charge is -2.21. The molecule has 1 aliphatic carbocycles. The maximum Gasteiger partial charge on any atom is 0.0621 e. The van der Waals surface area contributed by atoms with Crippen LogP contribution in [0, 0.1) is 11.8 Å². The molecule has 1 saturated carbocycles. The molecule has 1 aromatic rings. The molecule has 0 radical (unpaired) electrons. The highest BCUT2D eigenvalue weighted by molar-refractivity contribution is 6.31. The van der Waals surface area contributed by atoms with Gasteiger partial charge in [0, 0.05) is 17.8 Å². The summed E-state index contributed by atoms with van der Waals surface area (Å²) in [6, 6.07) is 1.97. The van der Waals surface area contributed by atoms with E-state index in [1.54, 1.807) is 12.4 Å². The zero-order valence-corrected chi connectivity index (χ0v) is 11.0. The SMILES string of the molecule is CC1CCCC1C(Cl)Cc1ccncc1Cl. The third kappa shape index (κ3) is 2.70. The van der Waals surface area contributed by atoms with E-state index in [-0.39, 0.29) is 5.38 Å². The van der Waals surface area contributed by atoms with Crippen LogP contribution in [0.3, 0.4) is 0 Å². The van der Waals surface area contributed by atoms with Crippen molar-refractivity contribution in [1.82, 2.24) is 4.98 Å². The molecule has 3 heteroatoms. The predicted octanol–water partition coefficient (Wildman–Crippen LogP) is 4.32. The average molecular weight is 258 g/mol. The predicted molar refractivity (Wildman–Crippen MR) is 69.1 cm³/mol. The van der Waals surface area contributed by atoms with Crippen molar-refractivity contribution in [2.24, 2.45) is 11.8 Å². The number of rotatable bonds is 3. The summed E-state index contributed by atoms with van der Waals surface area (Å²) in [5, 5.41) is 0.941. The van der Waals surface area contributed by atoms with Crippen LogP contribution in [-0.4, -0.2) is 10.4 Å². The minimum Gasteiger partial charge on any atom is -0.263 e. The zero-order valence-electron chi connectivity index (χ0n) is 9.50. The minimum absolute atomic E-state index is 0.206. The summed E-state index contributed by atoms with van der Waals surface area (Å²) in [4.78, 5) is 3.99. The van der Waals surface area contributed by atoms with Crippen molar-refractivity contribution in [2.45, 2.75) is 38.0 Å². The molecule has 0 spiro atoms. The molecule has 88 valence electrons. The zero-order chi connectivity index (χ0) is 11.5. The van der Waals surface area contributed by atoms with Gasteiger partial charge in [-0.2, -0.15) is 0 Å². The molecule has 1 aromatic heterocycles. The van der Waals surface area contributed by atoms with Crippen molar-refractivity contribution >= 4 is 23.2 Å². The number of alkyl halides is 1. The molecular weight excluding hydrogens is 241 g/mol. The first-order chi connectivity index (χ1) is 7.68. The molecule has 16 heavy (non-hydrogen) atoms. The lowest BCUT2D eigenvalue weighted by atomic mass is 9.91. The van der Waals surface area contributed by atoms with E-state index in [1.807, 2.05) is 6.07 Å². The lowest BCUT2D eigenvalue weighted by molar-refractivity contribution is 0.398. The van der Waals surface area contributed by atoms with Gasteiger partial charge in [0.25, 0.3) is 0 Å². The molecule has 0 bridgehead atoms. The Bertz CT molecular complexity index is 354. The van der Waals surface area contributed by atoms with Gasteiger partial charge in [-0.1, -0.05) is 31.4 Å². The third-order valence-electron chi connectivity index (χ3n) is 3.66. The van der Waals surface area contributed by atoms with Gasteiger partial charge in [-0.05, 0) is 36.3 Å². The van der Waals surface area contributed by atoms with E-state index >= 15 is 0 Å². The Kier molecular flexibility index (Phi) is 4.10. The van der Waals surface area contributed by atoms with Gasteiger partial charge in [-0.25, -0.2) is 0 Å². The Balaban J connectivity index is 2.02. The fourth-order valence-corrected chi connectivity index (χ4v) is 3.38. The molecular formula is C13H17Cl2N. The van der Waals surface area contributed by atoms with E-state index in [9.17, 15) is 0 Å². The Morgan fingerprint density at radius 3 is 2.94 bits per heavy atom. The van der Waals surface area contributed by atoms with Crippen LogP contribution in [0.1, 0.15) is 31.7 Å². The van der Waals surface area contributed by atoms with Crippen molar-refractivity contribution in [2.75, 3.05) is 0 Å². The summed E-state index contributed by atoms with van der Waals surface area (Å²) in [6.07, 6.45) is 8.23. The molecule has 1 fully saturated rings. The van der Waals surface area contributed by atoms with Crippen LogP contribution in [0.2, 0.25) is 5.02 Å². The standard InChI is InChI=1S/C13H17Cl2N/c1-9-3-2-4-11(9)12(14)7-10-5-6-16-8-13(10)15/h5-6,8-9,11-12H,2-4,7H2,1H3. The maximum atomic E-state index is 6.51. The molecule has 1 nitrogen and oxygen atoms in total. The fraction of sp³-hybridized carbons (Fsp3) is 0.615. The third-order valence-corrected chi connectivity index (χ3v) is 4.48. The molecule has 3 atom stereocenters. The Morgan fingerprint density at radius 2 is 2.31 bits per heavy atom. The van der Waals surface area contributed by atoms with Crippen LogP contribution in [0.15, 0.2) is 18.5 Å². The quantitative estimate of drug-likeness (QED) is 0.736. The normalized spacial score (nSPS) is 26.9. The second-order valence-electron chi connectivity index (χ2n) is 4.76. The smallest absolute Gasteiger partial charge is 0.0621 e. The summed E-state index contributed by atoms with van der Waals surface area (Å²) in [5.74, 6) is 1.40. The van der Waals surface area contributed by atoms with E-state index in [1.165, 1.54) is 19.3 Å². The first-order valence-corrected chi connectivity index (χ1v) is 6.72. The Labute approximate surface area is 107 Å². The number of pyridine rings is 1. The topological polar surface area (TPSA) is 12.9 Å². The molecule has 0 aliphatic heterocycles. The van der Waals surface area contributed by atoms with Crippen LogP contribution >= 0.6 is 23.2 Å². The van der Waals surface area contributed by atoms with Crippen molar-refractivity contribution in [1.29, 1.82) is 0 Å². The summed E-state index contributed by atoms with van der Waals surface area (Å²) in [5.41, 5.74) is 1.12. The molecule has 2 rings (SSSR count). The summed E-state index contributed by atoms with van der Waals surface area (Å²) >= 11 is 12.6. The average Bonchev–Trinajstić information content (AvgIpc) is 2.68. The molecule has 0 saturated heterocycles. The minimum atomic E-state index is 0.206. The van der Waals surface area contributed by atoms with Gasteiger partial charge >= 0.3 is 0 Å². The van der Waals surface area contributed by atoms with Gasteiger partial charge in [0.05, 0.1) is 5.02 Å². The van der Waals surface area contributed by atoms with Crippen LogP contribution in [0.4, 0.5) is 0 Å². The van der Waals surface area contributed by atoms with Gasteiger partial charge in [-0.3, -0.25) is 4.98 Å². The summed E-state index contributed by atoms with van der Waals surface area (Å²) in [6.45, 7) is 2.31. The number of nitrogens with zero attached hydrogens (tertiary/aromatic N) is 1. The van der Waals surface area contributed by atoms with Crippen LogP contribution in [0.5, 0.6) is 0 Å². The van der Waals surface area contributed by atoms with E-state index in [0.29, 0.717) is 5.92 Å². The van der Waals surface area contributed by atoms with E-state index < -0.39 is 0 Å². The highest BCUT2D eigenvalue weighted by Crippen LogP contribution is 2.37. The van der Waals surface area contributed by atoms with Gasteiger partial charge < -0.3 is 0 Å². The number of halogens is 2. The number of hydrogen-bond acceptors (Lipinski definition) is 1. The Morgan fingerprint density at radius 1 is 1.50 bits per heavy atom. The van der Waals surface area contributed by atoms with Crippen molar-refractivity contribution in [3.8, 4) is 0 Å². The van der Waals surface area contributed by atoms with Crippen molar-refractivity contribution in [3.05, 3.63) is 29.0 Å². The second-order valence-corrected chi connectivity index (χ2v) is 5.73. The monoisotopic (exact) mass is 257 g/mol. The highest BCUT2D eigenvalue weighted by Gasteiger charge is 2.29. The molecule has 0 N–H and O–H groups in total. The van der Waals surface area contributed by atoms with E-state index in [2.05, 4.69) is 11.9 Å². The molecule has 0 aromatic carbocycles. The largest absolute Gasteiger partial charge is 0.263 e. The van der Waals surface area contributed by atoms with Crippen molar-refractivity contribution < 1.29 is 0 Å². The van der Waals surface area contributed by atoms with Crippen LogP contribution in [-0.2, 0) is 6.42 Å². The van der Waals surface area contributed by atoms with Crippen LogP contribution in [0.25, 0.3) is 0 Å². The number of aromatic nitrogens is 1. The Hall–Kier alpha value is -0.270. The van der Waals surface area contributed by atoms with E-state index in [4.69, 9.17) is 23.2 Å². The van der Waals surface area contributed by atoms with Gasteiger partial charge in [0.15, 0.2) is 0 Å². The second kappa shape index (κ2) is 5.37. The van der Waals surface area contributed by atoms with Gasteiger partial charge in [0.2, 0.25) is 0 Å². The van der Waals surface area contributed by atoms with Crippen molar-refractivity contribution in [3.63, 3.8) is 0 Å². The first kappa shape index (κ1) is 12.2. The first-order valence-electron chi connectivity index (χ1n) is 5.91. The summed E-state index contributed by atoms with van der Waals surface area (Å²) < 4.78 is 0. The maximum absolute atomic E-state index is 6.51. The number of hydrogen-bond donors (Lipinski definition) is 0. The summed E-state index contributed by atoms with van der Waals surface area (Å²) in [7, 11) is 0. The highest BCUT2D eigenvalue weighted by atomic mass is 35.5. The fourth-order valence-electron chi connectivity index (χ4n) is 2.64. The van der Waals surface area contributed by atoms with Crippen LogP contribution < -0.4 is 0 Å². The molecule has 1 heterocycles. The lowest BCUT2D eigenvalue weighted by Crippen LogP contribution is -2.19. The van der Waals surface area contributed by atoms with E-state index in [0.717, 1.165) is 22.9 Å². The van der Waals surface area contributed by atoms with Gasteiger partial charge in [-0.15, -0.1) is 11.6 Å². The van der Waals surface area contributed by atoms with Gasteiger partial charge in [0.1, 0.15) is 0 Å². The molecule has 1 aliphatic rings. The molecule has 3 unspecified atom stereocenters.